The SMILES string of the molecule is CNCCNc1ncc(-c2cccs2)cn1. The molecule has 0 saturated heterocycles. The molecule has 0 unspecified atom stereocenters. The van der Waals surface area contributed by atoms with Crippen molar-refractivity contribution in [2.75, 3.05) is 25.5 Å². The predicted molar refractivity (Wildman–Crippen MR) is 67.8 cm³/mol. The third-order valence-electron chi connectivity index (χ3n) is 2.12. The van der Waals surface area contributed by atoms with Gasteiger partial charge >= 0.3 is 0 Å². The van der Waals surface area contributed by atoms with Crippen LogP contribution < -0.4 is 10.6 Å². The summed E-state index contributed by atoms with van der Waals surface area (Å²) in [4.78, 5) is 9.72. The first-order valence-electron chi connectivity index (χ1n) is 5.14. The van der Waals surface area contributed by atoms with Crippen LogP contribution in [0.5, 0.6) is 0 Å². The molecule has 0 bridgehead atoms. The molecule has 0 atom stereocenters. The van der Waals surface area contributed by atoms with Crippen LogP contribution in [0, 0.1) is 0 Å². The molecule has 16 heavy (non-hydrogen) atoms. The summed E-state index contributed by atoms with van der Waals surface area (Å²) in [7, 11) is 1.92. The molecule has 84 valence electrons. The molecule has 0 amide bonds. The van der Waals surface area contributed by atoms with E-state index in [2.05, 4.69) is 32.0 Å². The van der Waals surface area contributed by atoms with Crippen LogP contribution in [-0.4, -0.2) is 30.1 Å². The molecule has 0 aliphatic rings. The molecule has 0 aliphatic heterocycles. The lowest BCUT2D eigenvalue weighted by atomic mass is 10.3. The van der Waals surface area contributed by atoms with E-state index in [0.717, 1.165) is 18.7 Å². The van der Waals surface area contributed by atoms with Gasteiger partial charge in [-0.1, -0.05) is 6.07 Å². The molecule has 2 aromatic rings. The summed E-state index contributed by atoms with van der Waals surface area (Å²) in [5, 5.41) is 8.24. The Morgan fingerprint density at radius 3 is 2.69 bits per heavy atom. The highest BCUT2D eigenvalue weighted by Gasteiger charge is 2.00. The lowest BCUT2D eigenvalue weighted by molar-refractivity contribution is 0.817. The summed E-state index contributed by atoms with van der Waals surface area (Å²) in [6, 6.07) is 4.09. The molecular formula is C11H14N4S. The van der Waals surface area contributed by atoms with Gasteiger partial charge in [0.15, 0.2) is 0 Å². The Bertz CT molecular complexity index is 410. The zero-order valence-corrected chi connectivity index (χ0v) is 9.92. The van der Waals surface area contributed by atoms with Gasteiger partial charge < -0.3 is 10.6 Å². The van der Waals surface area contributed by atoms with Crippen molar-refractivity contribution in [2.24, 2.45) is 0 Å². The van der Waals surface area contributed by atoms with Crippen molar-refractivity contribution in [3.63, 3.8) is 0 Å². The average Bonchev–Trinajstić information content (AvgIpc) is 2.84. The van der Waals surface area contributed by atoms with E-state index in [4.69, 9.17) is 0 Å². The van der Waals surface area contributed by atoms with Crippen molar-refractivity contribution < 1.29 is 0 Å². The van der Waals surface area contributed by atoms with Crippen LogP contribution in [-0.2, 0) is 0 Å². The van der Waals surface area contributed by atoms with Gasteiger partial charge in [-0.3, -0.25) is 0 Å². The molecule has 2 N–H and O–H groups in total. The molecule has 2 heterocycles. The van der Waals surface area contributed by atoms with Crippen LogP contribution in [0.15, 0.2) is 29.9 Å². The fourth-order valence-electron chi connectivity index (χ4n) is 1.29. The van der Waals surface area contributed by atoms with E-state index < -0.39 is 0 Å². The first-order chi connectivity index (χ1) is 7.90. The van der Waals surface area contributed by atoms with Crippen molar-refractivity contribution in [2.45, 2.75) is 0 Å². The second-order valence-corrected chi connectivity index (χ2v) is 4.25. The maximum Gasteiger partial charge on any atom is 0.222 e. The first kappa shape index (κ1) is 11.0. The van der Waals surface area contributed by atoms with Gasteiger partial charge in [0.1, 0.15) is 0 Å². The highest BCUT2D eigenvalue weighted by molar-refractivity contribution is 7.13. The third-order valence-corrected chi connectivity index (χ3v) is 3.03. The van der Waals surface area contributed by atoms with E-state index in [1.165, 1.54) is 4.88 Å². The van der Waals surface area contributed by atoms with Crippen LogP contribution >= 0.6 is 11.3 Å². The Kier molecular flexibility index (Phi) is 3.85. The Morgan fingerprint density at radius 2 is 2.06 bits per heavy atom. The van der Waals surface area contributed by atoms with Gasteiger partial charge in [-0.05, 0) is 18.5 Å². The highest BCUT2D eigenvalue weighted by Crippen LogP contribution is 2.23. The van der Waals surface area contributed by atoms with Gasteiger partial charge in [0.25, 0.3) is 0 Å². The summed E-state index contributed by atoms with van der Waals surface area (Å²) in [6.07, 6.45) is 3.70. The number of anilines is 1. The lowest BCUT2D eigenvalue weighted by Gasteiger charge is -2.04. The molecular weight excluding hydrogens is 220 g/mol. The molecule has 2 rings (SSSR count). The molecule has 5 heteroatoms. The Morgan fingerprint density at radius 1 is 1.25 bits per heavy atom. The largest absolute Gasteiger partial charge is 0.353 e. The van der Waals surface area contributed by atoms with E-state index in [-0.39, 0.29) is 0 Å². The molecule has 0 aromatic carbocycles. The predicted octanol–water partition coefficient (Wildman–Crippen LogP) is 1.84. The number of nitrogens with zero attached hydrogens (tertiary/aromatic N) is 2. The van der Waals surface area contributed by atoms with Crippen LogP contribution in [0.25, 0.3) is 10.4 Å². The van der Waals surface area contributed by atoms with Crippen molar-refractivity contribution in [3.8, 4) is 10.4 Å². The second kappa shape index (κ2) is 5.58. The van der Waals surface area contributed by atoms with Crippen molar-refractivity contribution in [1.82, 2.24) is 15.3 Å². The zero-order valence-electron chi connectivity index (χ0n) is 9.10. The highest BCUT2D eigenvalue weighted by atomic mass is 32.1. The van der Waals surface area contributed by atoms with E-state index >= 15 is 0 Å². The van der Waals surface area contributed by atoms with Crippen LogP contribution in [0.1, 0.15) is 0 Å². The standard InChI is InChI=1S/C11H14N4S/c1-12-4-5-13-11-14-7-9(8-15-11)10-3-2-6-16-10/h2-3,6-8,12H,4-5H2,1H3,(H,13,14,15). The van der Waals surface area contributed by atoms with Crippen LogP contribution in [0.2, 0.25) is 0 Å². The van der Waals surface area contributed by atoms with Crippen molar-refractivity contribution in [1.29, 1.82) is 0 Å². The smallest absolute Gasteiger partial charge is 0.222 e. The molecule has 0 radical (unpaired) electrons. The summed E-state index contributed by atoms with van der Waals surface area (Å²) < 4.78 is 0. The topological polar surface area (TPSA) is 49.8 Å². The Labute approximate surface area is 98.8 Å². The summed E-state index contributed by atoms with van der Waals surface area (Å²) in [5.41, 5.74) is 1.06. The molecule has 4 nitrogen and oxygen atoms in total. The van der Waals surface area contributed by atoms with E-state index in [1.807, 2.05) is 25.5 Å². The number of hydrogen-bond acceptors (Lipinski definition) is 5. The van der Waals surface area contributed by atoms with Gasteiger partial charge in [0.05, 0.1) is 0 Å². The number of nitrogens with one attached hydrogen (secondary N) is 2. The lowest BCUT2D eigenvalue weighted by Crippen LogP contribution is -2.18. The first-order valence-corrected chi connectivity index (χ1v) is 6.02. The van der Waals surface area contributed by atoms with Crippen molar-refractivity contribution in [3.05, 3.63) is 29.9 Å². The maximum absolute atomic E-state index is 4.26. The fourth-order valence-corrected chi connectivity index (χ4v) is 1.99. The van der Waals surface area contributed by atoms with Gasteiger partial charge in [-0.15, -0.1) is 11.3 Å². The van der Waals surface area contributed by atoms with E-state index in [0.29, 0.717) is 5.95 Å². The second-order valence-electron chi connectivity index (χ2n) is 3.30. The molecule has 0 spiro atoms. The Balaban J connectivity index is 2.00. The quantitative estimate of drug-likeness (QED) is 0.775. The van der Waals surface area contributed by atoms with Gasteiger partial charge in [-0.2, -0.15) is 0 Å². The monoisotopic (exact) mass is 234 g/mol. The van der Waals surface area contributed by atoms with Gasteiger partial charge in [0, 0.05) is 35.9 Å². The number of hydrogen-bond donors (Lipinski definition) is 2. The Hall–Kier alpha value is -1.46. The molecule has 0 saturated carbocycles. The zero-order chi connectivity index (χ0) is 11.2. The number of likely N-dealkylation sites (N-methyl/N-ethyl adjacent to an activating group) is 1. The van der Waals surface area contributed by atoms with Crippen LogP contribution in [0.3, 0.4) is 0 Å². The molecule has 2 aromatic heterocycles. The molecule has 0 fully saturated rings. The van der Waals surface area contributed by atoms with Crippen LogP contribution in [0.4, 0.5) is 5.95 Å². The van der Waals surface area contributed by atoms with Crippen molar-refractivity contribution >= 4 is 17.3 Å². The molecule has 0 aliphatic carbocycles. The number of aromatic nitrogens is 2. The minimum Gasteiger partial charge on any atom is -0.353 e. The summed E-state index contributed by atoms with van der Waals surface area (Å²) >= 11 is 1.69. The fraction of sp³-hybridized carbons (Fsp3) is 0.273. The third kappa shape index (κ3) is 2.77. The normalized spacial score (nSPS) is 10.3. The minimum absolute atomic E-state index is 0.676. The van der Waals surface area contributed by atoms with E-state index in [9.17, 15) is 0 Å². The maximum atomic E-state index is 4.26. The van der Waals surface area contributed by atoms with E-state index in [1.54, 1.807) is 11.3 Å². The minimum atomic E-state index is 0.676. The summed E-state index contributed by atoms with van der Waals surface area (Å²) in [5.74, 6) is 0.676. The van der Waals surface area contributed by atoms with Gasteiger partial charge in [-0.25, -0.2) is 9.97 Å². The summed E-state index contributed by atoms with van der Waals surface area (Å²) in [6.45, 7) is 1.73. The number of thiophene rings is 1. The number of rotatable bonds is 5. The van der Waals surface area contributed by atoms with Gasteiger partial charge in [0.2, 0.25) is 5.95 Å². The average molecular weight is 234 g/mol.